The zero-order valence-corrected chi connectivity index (χ0v) is 15.1. The van der Waals surface area contributed by atoms with E-state index in [1.165, 1.54) is 30.3 Å². The molecule has 0 radical (unpaired) electrons. The number of Topliss-reactive ketones (excluding diaryl/α,β-unsaturated/α-hetero) is 2. The lowest BCUT2D eigenvalue weighted by atomic mass is 10.00. The first kappa shape index (κ1) is 16.7. The second-order valence-corrected chi connectivity index (χ2v) is 6.89. The number of esters is 1. The number of nitrogens with zero attached hydrogens (tertiary/aromatic N) is 1. The number of carbonyl (C=O) groups is 4. The highest BCUT2D eigenvalue weighted by molar-refractivity contribution is 9.10. The number of halogens is 2. The quantitative estimate of drug-likeness (QED) is 0.240. The average Bonchev–Trinajstić information content (AvgIpc) is 2.88. The third-order valence-corrected chi connectivity index (χ3v) is 4.68. The van der Waals surface area contributed by atoms with Crippen molar-refractivity contribution in [1.82, 2.24) is 0 Å². The van der Waals surface area contributed by atoms with Crippen LogP contribution in [0.25, 0.3) is 0 Å². The predicted octanol–water partition coefficient (Wildman–Crippen LogP) is 3.07. The van der Waals surface area contributed by atoms with Gasteiger partial charge in [0.15, 0.2) is 17.2 Å². The molecule has 0 N–H and O–H groups in total. The van der Waals surface area contributed by atoms with Crippen molar-refractivity contribution < 1.29 is 23.9 Å². The first-order valence-corrected chi connectivity index (χ1v) is 8.50. The maximum atomic E-state index is 12.8. The van der Waals surface area contributed by atoms with Gasteiger partial charge >= 0.3 is 11.9 Å². The van der Waals surface area contributed by atoms with Gasteiger partial charge in [0.2, 0.25) is 0 Å². The molecule has 0 saturated carbocycles. The molecule has 6 nitrogen and oxygen atoms in total. The van der Waals surface area contributed by atoms with E-state index in [4.69, 9.17) is 16.3 Å². The Morgan fingerprint density at radius 1 is 1.08 bits per heavy atom. The molecule has 1 amide bonds. The second-order valence-electron chi connectivity index (χ2n) is 5.53. The average molecular weight is 433 g/mol. The smallest absolute Gasteiger partial charge is 0.361 e. The number of carbonyl (C=O) groups excluding carboxylic acids is 4. The minimum atomic E-state index is -1.06. The maximum Gasteiger partial charge on any atom is 0.361 e. The molecule has 8 heteroatoms. The van der Waals surface area contributed by atoms with Gasteiger partial charge in [-0.3, -0.25) is 19.3 Å². The van der Waals surface area contributed by atoms with Crippen LogP contribution in [0.1, 0.15) is 10.4 Å². The number of hydrogen-bond donors (Lipinski definition) is 0. The van der Waals surface area contributed by atoms with Gasteiger partial charge in [-0.25, -0.2) is 4.79 Å². The lowest BCUT2D eigenvalue weighted by Gasteiger charge is -2.26. The van der Waals surface area contributed by atoms with Crippen LogP contribution < -0.4 is 9.64 Å². The minimum Gasteiger partial charge on any atom is -0.420 e. The van der Waals surface area contributed by atoms with E-state index in [0.717, 1.165) is 4.90 Å². The summed E-state index contributed by atoms with van der Waals surface area (Å²) < 4.78 is 5.79. The summed E-state index contributed by atoms with van der Waals surface area (Å²) in [4.78, 5) is 51.1. The van der Waals surface area contributed by atoms with Crippen LogP contribution in [-0.2, 0) is 14.4 Å². The third kappa shape index (κ3) is 2.40. The van der Waals surface area contributed by atoms with Crippen LogP contribution in [0.15, 0.2) is 58.2 Å². The van der Waals surface area contributed by atoms with Crippen LogP contribution in [0, 0.1) is 0 Å². The maximum absolute atomic E-state index is 12.8. The Bertz CT molecular complexity index is 1080. The van der Waals surface area contributed by atoms with Crippen molar-refractivity contribution in [3.8, 4) is 5.75 Å². The van der Waals surface area contributed by atoms with E-state index in [1.807, 2.05) is 0 Å². The molecule has 4 rings (SSSR count). The summed E-state index contributed by atoms with van der Waals surface area (Å²) >= 11 is 9.19. The lowest BCUT2D eigenvalue weighted by Crippen LogP contribution is -2.36. The molecule has 0 unspecified atom stereocenters. The number of ketones is 2. The topological polar surface area (TPSA) is 80.8 Å². The number of hydrogen-bond acceptors (Lipinski definition) is 5. The van der Waals surface area contributed by atoms with E-state index >= 15 is 0 Å². The Balaban J connectivity index is 1.92. The van der Waals surface area contributed by atoms with Crippen LogP contribution >= 0.6 is 27.5 Å². The molecule has 2 aromatic carbocycles. The van der Waals surface area contributed by atoms with E-state index in [0.29, 0.717) is 4.47 Å². The first-order valence-electron chi connectivity index (χ1n) is 7.33. The van der Waals surface area contributed by atoms with Crippen molar-refractivity contribution in [3.63, 3.8) is 0 Å². The number of fused-ring (bicyclic) bond motifs is 3. The summed E-state index contributed by atoms with van der Waals surface area (Å²) in [6.45, 7) is 0. The molecule has 0 bridgehead atoms. The van der Waals surface area contributed by atoms with Gasteiger partial charge in [0.05, 0.1) is 5.69 Å². The summed E-state index contributed by atoms with van der Waals surface area (Å²) in [6, 6.07) is 10.6. The van der Waals surface area contributed by atoms with Crippen molar-refractivity contribution >= 4 is 56.7 Å². The van der Waals surface area contributed by atoms with Gasteiger partial charge < -0.3 is 4.74 Å². The van der Waals surface area contributed by atoms with Crippen molar-refractivity contribution in [2.45, 2.75) is 0 Å². The van der Waals surface area contributed by atoms with E-state index in [-0.39, 0.29) is 27.7 Å². The molecular weight excluding hydrogens is 426 g/mol. The highest BCUT2D eigenvalue weighted by Crippen LogP contribution is 2.42. The molecule has 0 spiro atoms. The fourth-order valence-electron chi connectivity index (χ4n) is 2.84. The van der Waals surface area contributed by atoms with Crippen molar-refractivity contribution in [3.05, 3.63) is 68.8 Å². The van der Waals surface area contributed by atoms with Crippen LogP contribution in [0.4, 0.5) is 5.69 Å². The molecule has 2 aliphatic rings. The minimum absolute atomic E-state index is 0.0838. The molecule has 0 aromatic heterocycles. The van der Waals surface area contributed by atoms with Gasteiger partial charge in [-0.2, -0.15) is 0 Å². The van der Waals surface area contributed by atoms with Gasteiger partial charge in [-0.15, -0.1) is 0 Å². The van der Waals surface area contributed by atoms with Crippen LogP contribution in [0.5, 0.6) is 5.75 Å². The summed E-state index contributed by atoms with van der Waals surface area (Å²) in [5.74, 6) is -3.66. The van der Waals surface area contributed by atoms with Crippen LogP contribution in [0.2, 0.25) is 5.02 Å². The van der Waals surface area contributed by atoms with Crippen molar-refractivity contribution in [2.24, 2.45) is 0 Å². The van der Waals surface area contributed by atoms with E-state index in [9.17, 15) is 19.2 Å². The number of benzene rings is 2. The summed E-state index contributed by atoms with van der Waals surface area (Å²) in [5.41, 5.74) is -0.597. The summed E-state index contributed by atoms with van der Waals surface area (Å²) in [7, 11) is 0. The Morgan fingerprint density at radius 3 is 2.58 bits per heavy atom. The zero-order valence-electron chi connectivity index (χ0n) is 12.8. The molecule has 2 heterocycles. The zero-order chi connectivity index (χ0) is 18.6. The highest BCUT2D eigenvalue weighted by atomic mass is 79.9. The normalized spacial score (nSPS) is 15.8. The molecule has 0 aliphatic carbocycles. The Morgan fingerprint density at radius 2 is 1.85 bits per heavy atom. The standard InChI is InChI=1S/C18H7BrClNO5/c19-9-3-1-2-8(6-9)15(22)13-14-18(25)26-12-5-4-10(20)7-11(12)21(14)17(24)16(13)23/h1-7H. The van der Waals surface area contributed by atoms with Gasteiger partial charge in [-0.05, 0) is 30.3 Å². The SMILES string of the molecule is O=C1Oc2ccc(Cl)cc2N2C(=O)C(=O)C(C(=O)c3cccc(Br)c3)=C12. The van der Waals surface area contributed by atoms with E-state index < -0.39 is 29.0 Å². The molecule has 128 valence electrons. The van der Waals surface area contributed by atoms with E-state index in [2.05, 4.69) is 15.9 Å². The number of ether oxygens (including phenoxy) is 1. The molecule has 0 saturated heterocycles. The predicted molar refractivity (Wildman–Crippen MR) is 95.1 cm³/mol. The van der Waals surface area contributed by atoms with Crippen LogP contribution in [0.3, 0.4) is 0 Å². The second kappa shape index (κ2) is 5.89. The van der Waals surface area contributed by atoms with Crippen molar-refractivity contribution in [2.75, 3.05) is 4.90 Å². The largest absolute Gasteiger partial charge is 0.420 e. The highest BCUT2D eigenvalue weighted by Gasteiger charge is 2.49. The summed E-state index contributed by atoms with van der Waals surface area (Å²) in [6.07, 6.45) is 0. The third-order valence-electron chi connectivity index (χ3n) is 3.96. The summed E-state index contributed by atoms with van der Waals surface area (Å²) in [5, 5.41) is 0.285. The Labute approximate surface area is 160 Å². The lowest BCUT2D eigenvalue weighted by molar-refractivity contribution is -0.133. The Kier molecular flexibility index (Phi) is 3.78. The first-order chi connectivity index (χ1) is 12.4. The van der Waals surface area contributed by atoms with Gasteiger partial charge in [0, 0.05) is 15.1 Å². The number of rotatable bonds is 2. The van der Waals surface area contributed by atoms with Gasteiger partial charge in [0.25, 0.3) is 5.78 Å². The molecule has 0 atom stereocenters. The molecular formula is C18H7BrClNO5. The number of amides is 1. The van der Waals surface area contributed by atoms with Crippen LogP contribution in [-0.4, -0.2) is 23.4 Å². The molecule has 2 aliphatic heterocycles. The molecule has 26 heavy (non-hydrogen) atoms. The fraction of sp³-hybridized carbons (Fsp3) is 0. The monoisotopic (exact) mass is 431 g/mol. The van der Waals surface area contributed by atoms with E-state index in [1.54, 1.807) is 12.1 Å². The fourth-order valence-corrected chi connectivity index (χ4v) is 3.40. The van der Waals surface area contributed by atoms with Crippen molar-refractivity contribution in [1.29, 1.82) is 0 Å². The Hall–Kier alpha value is -2.77. The van der Waals surface area contributed by atoms with Gasteiger partial charge in [-0.1, -0.05) is 39.7 Å². The van der Waals surface area contributed by atoms with Gasteiger partial charge in [0.1, 0.15) is 5.57 Å². The number of anilines is 1. The molecule has 2 aromatic rings. The molecule has 0 fully saturated rings.